The highest BCUT2D eigenvalue weighted by atomic mass is 32.2. The molecule has 3 aliphatic rings. The quantitative estimate of drug-likeness (QED) is 0.0478. The SMILES string of the molecule is [B]C(=O)Nc1cc(/C=C/C[C@@H]2OC(C)(C)O[C@@H]2[C@H](OCc2ccc(OC)cc2)/C(F)=C\[C@@H](C)C(C)C)c2c(c1)OC(C)(C)OC2=O.[B]C(=O)Nc1cc2c(c(OS(=O)(=O)C(F)(F)F)c1)C(=O)OC(C)(C)O2. The molecule has 3 aromatic carbocycles. The number of esters is 2. The van der Waals surface area contributed by atoms with Gasteiger partial charge >= 0.3 is 27.6 Å². The summed E-state index contributed by atoms with van der Waals surface area (Å²) in [6.07, 6.45) is 2.90. The number of hydrogen-bond acceptors (Lipinski definition) is 15. The van der Waals surface area contributed by atoms with E-state index in [2.05, 4.69) is 9.50 Å². The van der Waals surface area contributed by atoms with Crippen LogP contribution in [0.25, 0.3) is 6.08 Å². The van der Waals surface area contributed by atoms with Gasteiger partial charge in [-0.15, -0.1) is 0 Å². The molecule has 6 rings (SSSR count). The van der Waals surface area contributed by atoms with Crippen molar-refractivity contribution in [2.24, 2.45) is 11.8 Å². The Bertz CT molecular complexity index is 2680. The summed E-state index contributed by atoms with van der Waals surface area (Å²) in [5, 5.41) is 4.54. The summed E-state index contributed by atoms with van der Waals surface area (Å²) in [6, 6.07) is 12.2. The number of anilines is 2. The molecule has 3 heterocycles. The second-order valence-electron chi connectivity index (χ2n) is 18.0. The van der Waals surface area contributed by atoms with Gasteiger partial charge in [0.2, 0.25) is 27.3 Å². The number of hydrogen-bond donors (Lipinski definition) is 2. The minimum absolute atomic E-state index is 0.0415. The Kier molecular flexibility index (Phi) is 17.1. The van der Waals surface area contributed by atoms with Gasteiger partial charge in [-0.2, -0.15) is 21.6 Å². The molecule has 1 fully saturated rings. The third-order valence-corrected chi connectivity index (χ3v) is 11.5. The summed E-state index contributed by atoms with van der Waals surface area (Å²) in [4.78, 5) is 47.5. The number of alkyl halides is 3. The highest BCUT2D eigenvalue weighted by Gasteiger charge is 2.50. The minimum Gasteiger partial charge on any atom is -0.497 e. The Hall–Kier alpha value is -6.10. The Balaban J connectivity index is 0.000000316. The number of carbonyl (C=O) groups excluding carboxylic acids is 4. The number of cyclic esters (lactones) is 2. The van der Waals surface area contributed by atoms with E-state index in [1.165, 1.54) is 19.9 Å². The van der Waals surface area contributed by atoms with E-state index in [9.17, 15) is 40.8 Å². The first kappa shape index (κ1) is 55.8. The van der Waals surface area contributed by atoms with Crippen molar-refractivity contribution in [3.05, 3.63) is 88.8 Å². The maximum absolute atomic E-state index is 16.1. The maximum atomic E-state index is 16.1. The van der Waals surface area contributed by atoms with Gasteiger partial charge in [-0.3, -0.25) is 9.59 Å². The van der Waals surface area contributed by atoms with Gasteiger partial charge < -0.3 is 52.7 Å². The van der Waals surface area contributed by atoms with Gasteiger partial charge in [-0.05, 0) is 67.5 Å². The van der Waals surface area contributed by atoms with E-state index in [-0.39, 0.29) is 47.6 Å². The largest absolute Gasteiger partial charge is 0.534 e. The van der Waals surface area contributed by atoms with Crippen LogP contribution in [0.15, 0.2) is 66.5 Å². The molecule has 2 N–H and O–H groups in total. The molecule has 0 unspecified atom stereocenters. The highest BCUT2D eigenvalue weighted by Crippen LogP contribution is 2.42. The topological polar surface area (TPSA) is 210 Å². The number of ether oxygens (including phenoxy) is 8. The van der Waals surface area contributed by atoms with Gasteiger partial charge in [0.25, 0.3) is 0 Å². The number of allylic oxidation sites excluding steroid dienone is 1. The van der Waals surface area contributed by atoms with Gasteiger partial charge in [0.15, 0.2) is 23.1 Å². The van der Waals surface area contributed by atoms with Crippen molar-refractivity contribution in [3.63, 3.8) is 0 Å². The summed E-state index contributed by atoms with van der Waals surface area (Å²) in [6.45, 7) is 15.6. The van der Waals surface area contributed by atoms with E-state index < -0.39 is 92.0 Å². The molecule has 17 nitrogen and oxygen atoms in total. The molecule has 4 radical (unpaired) electrons. The first-order chi connectivity index (χ1) is 32.8. The van der Waals surface area contributed by atoms with Crippen molar-refractivity contribution >= 4 is 66.8 Å². The Labute approximate surface area is 410 Å². The van der Waals surface area contributed by atoms with Crippen LogP contribution in [0, 0.1) is 11.8 Å². The van der Waals surface area contributed by atoms with Gasteiger partial charge in [0.05, 0.1) is 19.8 Å². The van der Waals surface area contributed by atoms with Crippen LogP contribution in [-0.4, -0.2) is 96.0 Å². The third kappa shape index (κ3) is 14.7. The predicted molar refractivity (Wildman–Crippen MR) is 251 cm³/mol. The molecule has 0 saturated carbocycles. The second kappa shape index (κ2) is 21.7. The Morgan fingerprint density at radius 1 is 0.803 bits per heavy atom. The average Bonchev–Trinajstić information content (AvgIpc) is 3.51. The number of carbonyl (C=O) groups is 4. The van der Waals surface area contributed by atoms with Crippen molar-refractivity contribution in [1.82, 2.24) is 0 Å². The second-order valence-corrected chi connectivity index (χ2v) is 19.6. The van der Waals surface area contributed by atoms with Crippen LogP contribution >= 0.6 is 0 Å². The molecule has 1 saturated heterocycles. The number of methoxy groups -OCH3 is 1. The number of halogens is 4. The zero-order chi connectivity index (χ0) is 53.0. The molecular weight excluding hydrogens is 962 g/mol. The lowest BCUT2D eigenvalue weighted by Crippen LogP contribution is -2.39. The fraction of sp³-hybridized carbons (Fsp3) is 0.447. The van der Waals surface area contributed by atoms with E-state index in [0.717, 1.165) is 11.6 Å². The van der Waals surface area contributed by atoms with E-state index in [0.29, 0.717) is 23.1 Å². The molecule has 0 bridgehead atoms. The van der Waals surface area contributed by atoms with E-state index in [1.54, 1.807) is 59.1 Å². The van der Waals surface area contributed by atoms with Crippen LogP contribution in [0.3, 0.4) is 0 Å². The van der Waals surface area contributed by atoms with Crippen molar-refractivity contribution in [1.29, 1.82) is 0 Å². The highest BCUT2D eigenvalue weighted by molar-refractivity contribution is 7.88. The normalized spacial score (nSPS) is 19.8. The number of amides is 2. The molecule has 4 atom stereocenters. The fourth-order valence-corrected chi connectivity index (χ4v) is 7.59. The molecule has 0 spiro atoms. The Morgan fingerprint density at radius 2 is 1.34 bits per heavy atom. The van der Waals surface area contributed by atoms with Gasteiger partial charge in [-0.1, -0.05) is 45.1 Å². The monoisotopic (exact) mass is 1010 g/mol. The number of nitrogens with one attached hydrogen (secondary N) is 2. The van der Waals surface area contributed by atoms with Gasteiger partial charge in [0, 0.05) is 57.3 Å². The minimum atomic E-state index is -6.09. The van der Waals surface area contributed by atoms with Crippen molar-refractivity contribution in [3.8, 4) is 23.0 Å². The summed E-state index contributed by atoms with van der Waals surface area (Å²) in [5.41, 5.74) is -4.88. The first-order valence-electron chi connectivity index (χ1n) is 21.8. The summed E-state index contributed by atoms with van der Waals surface area (Å²) >= 11 is 0. The summed E-state index contributed by atoms with van der Waals surface area (Å²) in [5.74, 6) is -8.03. The molecule has 71 heavy (non-hydrogen) atoms. The zero-order valence-corrected chi connectivity index (χ0v) is 41.2. The average molecular weight is 1010 g/mol. The maximum Gasteiger partial charge on any atom is 0.534 e. The number of benzene rings is 3. The molecule has 380 valence electrons. The molecule has 24 heteroatoms. The lowest BCUT2D eigenvalue weighted by molar-refractivity contribution is -0.158. The molecule has 2 amide bonds. The van der Waals surface area contributed by atoms with Crippen molar-refractivity contribution in [2.75, 3.05) is 17.7 Å². The number of rotatable bonds is 15. The van der Waals surface area contributed by atoms with Crippen molar-refractivity contribution in [2.45, 2.75) is 117 Å². The summed E-state index contributed by atoms with van der Waals surface area (Å²) in [7, 11) is 5.75. The number of fused-ring (bicyclic) bond motifs is 2. The molecule has 3 aliphatic heterocycles. The molecular formula is C47H52B2F4N2O15S. The standard InChI is InChI=1S/C35H43BFNO8.C12H9BF3NO7S/c1-20(2)21(3)16-26(37)30(42-19-22-12-14-25(41-8)15-13-22)31-27(43-34(4,5)45-31)11-9-10-23-17-24(38-33(36)40)18-28-29(23)32(39)46-35(6,7)44-28;1-11(2)22-6-3-5(17-10(13)19)4-7(8(6)9(18)23-11)24-25(20,21)12(14,15)16/h9-10,12-18,20-21,27,30-31H,11,19H2,1-8H3,(H,38,40);3-4H,1-2H3,(H,17,19)/b10-9+,26-16+;/t21-,27+,30-,31+;/m1./s1. The first-order valence-corrected chi connectivity index (χ1v) is 23.2. The zero-order valence-electron chi connectivity index (χ0n) is 40.4. The molecule has 0 aromatic heterocycles. The van der Waals surface area contributed by atoms with Crippen LogP contribution in [-0.2, 0) is 40.4 Å². The van der Waals surface area contributed by atoms with E-state index >= 15 is 4.39 Å². The summed E-state index contributed by atoms with van der Waals surface area (Å²) < 4.78 is 126. The Morgan fingerprint density at radius 3 is 1.86 bits per heavy atom. The van der Waals surface area contributed by atoms with E-state index in [1.807, 2.05) is 50.4 Å². The van der Waals surface area contributed by atoms with Gasteiger partial charge in [-0.25, -0.2) is 14.0 Å². The van der Waals surface area contributed by atoms with Crippen LogP contribution in [0.1, 0.15) is 101 Å². The van der Waals surface area contributed by atoms with Crippen LogP contribution < -0.4 is 29.0 Å². The van der Waals surface area contributed by atoms with Crippen molar-refractivity contribution < 1.29 is 87.2 Å². The molecule has 3 aromatic rings. The van der Waals surface area contributed by atoms with Crippen LogP contribution in [0.5, 0.6) is 23.0 Å². The van der Waals surface area contributed by atoms with Gasteiger partial charge in [0.1, 0.15) is 46.4 Å². The van der Waals surface area contributed by atoms with Crippen LogP contribution in [0.2, 0.25) is 0 Å². The van der Waals surface area contributed by atoms with Crippen LogP contribution in [0.4, 0.5) is 38.5 Å². The fourth-order valence-electron chi connectivity index (χ4n) is 7.13. The lowest BCUT2D eigenvalue weighted by Gasteiger charge is -2.32. The molecule has 0 aliphatic carbocycles. The smallest absolute Gasteiger partial charge is 0.497 e. The lowest BCUT2D eigenvalue weighted by atomic mass is 9.95. The predicted octanol–water partition coefficient (Wildman–Crippen LogP) is 9.24. The van der Waals surface area contributed by atoms with E-state index in [4.69, 9.17) is 53.6 Å². The third-order valence-electron chi connectivity index (χ3n) is 10.5.